The standard InChI is InChI=1S/C18H20O/c1-4-16-12-17(5-2)18(11-14(16)3)19-13-15-9-7-6-8-10-15/h5-12H,2,4,13H2,1,3H3. The highest BCUT2D eigenvalue weighted by Crippen LogP contribution is 2.25. The summed E-state index contributed by atoms with van der Waals surface area (Å²) in [6.07, 6.45) is 2.89. The molecule has 1 heteroatoms. The van der Waals surface area contributed by atoms with E-state index >= 15 is 0 Å². The minimum absolute atomic E-state index is 0.590. The second-order valence-electron chi connectivity index (χ2n) is 4.65. The molecule has 0 spiro atoms. The van der Waals surface area contributed by atoms with Crippen LogP contribution in [0.4, 0.5) is 0 Å². The summed E-state index contributed by atoms with van der Waals surface area (Å²) in [6.45, 7) is 8.75. The van der Waals surface area contributed by atoms with E-state index in [1.807, 2.05) is 24.3 Å². The lowest BCUT2D eigenvalue weighted by Crippen LogP contribution is -1.99. The quantitative estimate of drug-likeness (QED) is 0.744. The molecule has 98 valence electrons. The Labute approximate surface area is 115 Å². The van der Waals surface area contributed by atoms with Crippen LogP contribution in [0.25, 0.3) is 6.08 Å². The van der Waals surface area contributed by atoms with Gasteiger partial charge in [-0.25, -0.2) is 0 Å². The Morgan fingerprint density at radius 1 is 1.16 bits per heavy atom. The molecular formula is C18H20O. The Morgan fingerprint density at radius 2 is 1.89 bits per heavy atom. The molecule has 0 atom stereocenters. The van der Waals surface area contributed by atoms with Crippen LogP contribution in [0.2, 0.25) is 0 Å². The molecule has 0 fully saturated rings. The Bertz CT molecular complexity index is 555. The maximum absolute atomic E-state index is 5.92. The molecule has 0 unspecified atom stereocenters. The minimum Gasteiger partial charge on any atom is -0.488 e. The maximum Gasteiger partial charge on any atom is 0.127 e. The first-order chi connectivity index (χ1) is 9.24. The van der Waals surface area contributed by atoms with E-state index in [1.54, 1.807) is 0 Å². The molecule has 0 N–H and O–H groups in total. The van der Waals surface area contributed by atoms with E-state index in [0.29, 0.717) is 6.61 Å². The fourth-order valence-corrected chi connectivity index (χ4v) is 2.15. The maximum atomic E-state index is 5.92. The fourth-order valence-electron chi connectivity index (χ4n) is 2.15. The third kappa shape index (κ3) is 3.25. The van der Waals surface area contributed by atoms with Crippen molar-refractivity contribution < 1.29 is 4.74 Å². The fraction of sp³-hybridized carbons (Fsp3) is 0.222. The topological polar surface area (TPSA) is 9.23 Å². The van der Waals surface area contributed by atoms with Crippen molar-refractivity contribution >= 4 is 6.08 Å². The lowest BCUT2D eigenvalue weighted by molar-refractivity contribution is 0.305. The summed E-state index contributed by atoms with van der Waals surface area (Å²) < 4.78 is 5.92. The van der Waals surface area contributed by atoms with Crippen molar-refractivity contribution in [1.82, 2.24) is 0 Å². The van der Waals surface area contributed by atoms with Gasteiger partial charge >= 0.3 is 0 Å². The highest BCUT2D eigenvalue weighted by atomic mass is 16.5. The molecular weight excluding hydrogens is 232 g/mol. The molecule has 0 saturated carbocycles. The molecule has 1 nitrogen and oxygen atoms in total. The third-order valence-corrected chi connectivity index (χ3v) is 3.31. The third-order valence-electron chi connectivity index (χ3n) is 3.31. The molecule has 19 heavy (non-hydrogen) atoms. The van der Waals surface area contributed by atoms with E-state index in [0.717, 1.165) is 17.7 Å². The lowest BCUT2D eigenvalue weighted by Gasteiger charge is -2.13. The number of aryl methyl sites for hydroxylation is 2. The van der Waals surface area contributed by atoms with Crippen molar-refractivity contribution in [3.8, 4) is 5.75 Å². The SMILES string of the molecule is C=Cc1cc(CC)c(C)cc1OCc1ccccc1. The summed E-state index contributed by atoms with van der Waals surface area (Å²) >= 11 is 0. The van der Waals surface area contributed by atoms with E-state index in [9.17, 15) is 0 Å². The van der Waals surface area contributed by atoms with E-state index < -0.39 is 0 Å². The van der Waals surface area contributed by atoms with E-state index in [4.69, 9.17) is 4.74 Å². The second kappa shape index (κ2) is 6.24. The van der Waals surface area contributed by atoms with Gasteiger partial charge < -0.3 is 4.74 Å². The van der Waals surface area contributed by atoms with Crippen LogP contribution in [-0.4, -0.2) is 0 Å². The number of ether oxygens (including phenoxy) is 1. The van der Waals surface area contributed by atoms with Crippen molar-refractivity contribution in [1.29, 1.82) is 0 Å². The molecule has 0 radical (unpaired) electrons. The predicted molar refractivity (Wildman–Crippen MR) is 81.4 cm³/mol. The zero-order chi connectivity index (χ0) is 13.7. The van der Waals surface area contributed by atoms with Crippen LogP contribution in [0.1, 0.15) is 29.2 Å². The summed E-state index contributed by atoms with van der Waals surface area (Å²) in [5.41, 5.74) is 4.87. The predicted octanol–water partition coefficient (Wildman–Crippen LogP) is 4.78. The van der Waals surface area contributed by atoms with Gasteiger partial charge in [0.05, 0.1) is 0 Å². The van der Waals surface area contributed by atoms with Gasteiger partial charge in [-0.1, -0.05) is 49.9 Å². The molecule has 0 bridgehead atoms. The molecule has 0 aliphatic carbocycles. The zero-order valence-corrected chi connectivity index (χ0v) is 11.6. The number of hydrogen-bond acceptors (Lipinski definition) is 1. The largest absolute Gasteiger partial charge is 0.488 e. The van der Waals surface area contributed by atoms with Crippen LogP contribution >= 0.6 is 0 Å². The molecule has 0 saturated heterocycles. The normalized spacial score (nSPS) is 10.2. The molecule has 0 heterocycles. The van der Waals surface area contributed by atoms with E-state index in [1.165, 1.54) is 16.7 Å². The summed E-state index contributed by atoms with van der Waals surface area (Å²) in [6, 6.07) is 14.5. The van der Waals surface area contributed by atoms with Crippen LogP contribution in [0.15, 0.2) is 49.0 Å². The van der Waals surface area contributed by atoms with Crippen molar-refractivity contribution in [2.75, 3.05) is 0 Å². The Hall–Kier alpha value is -2.02. The van der Waals surface area contributed by atoms with Gasteiger partial charge in [-0.3, -0.25) is 0 Å². The monoisotopic (exact) mass is 252 g/mol. The van der Waals surface area contributed by atoms with Crippen molar-refractivity contribution in [2.45, 2.75) is 26.9 Å². The smallest absolute Gasteiger partial charge is 0.127 e. The Balaban J connectivity index is 2.20. The highest BCUT2D eigenvalue weighted by molar-refractivity contribution is 5.58. The molecule has 0 aliphatic heterocycles. The average molecular weight is 252 g/mol. The Kier molecular flexibility index (Phi) is 4.40. The average Bonchev–Trinajstić information content (AvgIpc) is 2.46. The second-order valence-corrected chi connectivity index (χ2v) is 4.65. The summed E-state index contributed by atoms with van der Waals surface area (Å²) in [5.74, 6) is 0.911. The summed E-state index contributed by atoms with van der Waals surface area (Å²) in [4.78, 5) is 0. The van der Waals surface area contributed by atoms with E-state index in [2.05, 4.69) is 44.7 Å². The molecule has 2 rings (SSSR count). The van der Waals surface area contributed by atoms with Crippen molar-refractivity contribution in [2.24, 2.45) is 0 Å². The van der Waals surface area contributed by atoms with Crippen molar-refractivity contribution in [3.63, 3.8) is 0 Å². The molecule has 2 aromatic carbocycles. The first-order valence-corrected chi connectivity index (χ1v) is 6.67. The van der Waals surface area contributed by atoms with Gasteiger partial charge in [0.15, 0.2) is 0 Å². The van der Waals surface area contributed by atoms with Gasteiger partial charge in [0.1, 0.15) is 12.4 Å². The van der Waals surface area contributed by atoms with Gasteiger partial charge in [0.25, 0.3) is 0 Å². The minimum atomic E-state index is 0.590. The van der Waals surface area contributed by atoms with Crippen LogP contribution in [0, 0.1) is 6.92 Å². The van der Waals surface area contributed by atoms with Crippen LogP contribution in [0.5, 0.6) is 5.75 Å². The first kappa shape index (κ1) is 13.4. The van der Waals surface area contributed by atoms with Crippen molar-refractivity contribution in [3.05, 3.63) is 71.3 Å². The van der Waals surface area contributed by atoms with Gasteiger partial charge in [0, 0.05) is 5.56 Å². The van der Waals surface area contributed by atoms with Gasteiger partial charge in [-0.15, -0.1) is 0 Å². The van der Waals surface area contributed by atoms with E-state index in [-0.39, 0.29) is 0 Å². The molecule has 0 amide bonds. The lowest BCUT2D eigenvalue weighted by atomic mass is 10.0. The summed E-state index contributed by atoms with van der Waals surface area (Å²) in [7, 11) is 0. The number of benzene rings is 2. The summed E-state index contributed by atoms with van der Waals surface area (Å²) in [5, 5.41) is 0. The van der Waals surface area contributed by atoms with Gasteiger partial charge in [-0.2, -0.15) is 0 Å². The Morgan fingerprint density at radius 3 is 2.53 bits per heavy atom. The zero-order valence-electron chi connectivity index (χ0n) is 11.6. The molecule has 0 aliphatic rings. The van der Waals surface area contributed by atoms with Gasteiger partial charge in [0.2, 0.25) is 0 Å². The molecule has 2 aromatic rings. The van der Waals surface area contributed by atoms with Gasteiger partial charge in [-0.05, 0) is 42.2 Å². The first-order valence-electron chi connectivity index (χ1n) is 6.67. The van der Waals surface area contributed by atoms with Crippen LogP contribution in [0.3, 0.4) is 0 Å². The number of rotatable bonds is 5. The van der Waals surface area contributed by atoms with Crippen LogP contribution in [-0.2, 0) is 13.0 Å². The van der Waals surface area contributed by atoms with Crippen LogP contribution < -0.4 is 4.74 Å². The number of hydrogen-bond donors (Lipinski definition) is 0. The highest BCUT2D eigenvalue weighted by Gasteiger charge is 2.06. The molecule has 0 aromatic heterocycles.